The van der Waals surface area contributed by atoms with E-state index in [1.807, 2.05) is 42.5 Å². The van der Waals surface area contributed by atoms with E-state index in [4.69, 9.17) is 14.4 Å². The summed E-state index contributed by atoms with van der Waals surface area (Å²) in [4.78, 5) is 10.1. The van der Waals surface area contributed by atoms with Gasteiger partial charge in [-0.15, -0.1) is 0 Å². The number of aromatic nitrogens is 2. The summed E-state index contributed by atoms with van der Waals surface area (Å²) in [6.07, 6.45) is 0. The van der Waals surface area contributed by atoms with E-state index in [-0.39, 0.29) is 5.41 Å². The van der Waals surface area contributed by atoms with Crippen molar-refractivity contribution in [3.8, 4) is 56.2 Å². The van der Waals surface area contributed by atoms with Crippen LogP contribution in [-0.4, -0.2) is 9.97 Å². The van der Waals surface area contributed by atoms with Crippen LogP contribution in [0.4, 0.5) is 0 Å². The van der Waals surface area contributed by atoms with Crippen LogP contribution in [0.2, 0.25) is 0 Å². The van der Waals surface area contributed by atoms with Crippen molar-refractivity contribution >= 4 is 21.9 Å². The summed E-state index contributed by atoms with van der Waals surface area (Å²) in [7, 11) is 0. The molecule has 1 aliphatic carbocycles. The second-order valence-corrected chi connectivity index (χ2v) is 12.6. The number of rotatable bonds is 4. The molecule has 0 radical (unpaired) electrons. The summed E-state index contributed by atoms with van der Waals surface area (Å²) in [6.45, 7) is 4.66. The minimum absolute atomic E-state index is 0.0813. The van der Waals surface area contributed by atoms with Crippen molar-refractivity contribution in [2.24, 2.45) is 0 Å². The topological polar surface area (TPSA) is 38.9 Å². The third-order valence-electron chi connectivity index (χ3n) is 9.52. The summed E-state index contributed by atoms with van der Waals surface area (Å²) < 4.78 is 6.72. The molecular weight excluding hydrogens is 560 g/mol. The SMILES string of the molecule is CC1(C)c2ccccc2-c2ccc(-c3ccc(-c4cc(-c5ccccc5)nc(-c5ccccc5)n4)c4oc5ccccc5c34)cc21. The Kier molecular flexibility index (Phi) is 5.85. The van der Waals surface area contributed by atoms with Gasteiger partial charge in [0, 0.05) is 32.9 Å². The number of hydrogen-bond donors (Lipinski definition) is 0. The Morgan fingerprint density at radius 2 is 1.11 bits per heavy atom. The molecule has 9 rings (SSSR count). The molecule has 0 spiro atoms. The molecule has 8 aromatic rings. The van der Waals surface area contributed by atoms with Crippen molar-refractivity contribution in [2.45, 2.75) is 19.3 Å². The number of nitrogens with zero attached hydrogens (tertiary/aromatic N) is 2. The van der Waals surface area contributed by atoms with Crippen molar-refractivity contribution in [1.29, 1.82) is 0 Å². The highest BCUT2D eigenvalue weighted by molar-refractivity contribution is 6.16. The fourth-order valence-electron chi connectivity index (χ4n) is 7.20. The molecule has 0 amide bonds. The molecule has 218 valence electrons. The summed E-state index contributed by atoms with van der Waals surface area (Å²) in [5, 5.41) is 2.19. The first-order chi connectivity index (χ1) is 22.6. The van der Waals surface area contributed by atoms with Crippen LogP contribution in [0.3, 0.4) is 0 Å². The molecule has 46 heavy (non-hydrogen) atoms. The lowest BCUT2D eigenvalue weighted by atomic mass is 9.81. The Morgan fingerprint density at radius 3 is 1.93 bits per heavy atom. The van der Waals surface area contributed by atoms with Crippen molar-refractivity contribution < 1.29 is 4.42 Å². The Balaban J connectivity index is 1.28. The van der Waals surface area contributed by atoms with Crippen LogP contribution < -0.4 is 0 Å². The maximum absolute atomic E-state index is 6.72. The first kappa shape index (κ1) is 26.6. The molecule has 0 saturated heterocycles. The van der Waals surface area contributed by atoms with E-state index in [0.29, 0.717) is 5.82 Å². The van der Waals surface area contributed by atoms with E-state index in [9.17, 15) is 0 Å². The number of benzene rings is 6. The second kappa shape index (κ2) is 10.1. The minimum atomic E-state index is -0.0813. The molecule has 0 fully saturated rings. The standard InChI is InChI=1S/C43H30N2O/c1-43(2)35-19-11-9-17-31(35)32-22-21-29(25-36(32)43)30-23-24-33(41-40(30)34-18-10-12-20-39(34)46-41)38-26-37(27-13-5-3-6-14-27)44-42(45-38)28-15-7-4-8-16-28/h3-26H,1-2H3. The lowest BCUT2D eigenvalue weighted by molar-refractivity contribution is 0.660. The van der Waals surface area contributed by atoms with Gasteiger partial charge >= 0.3 is 0 Å². The average Bonchev–Trinajstić information content (AvgIpc) is 3.61. The van der Waals surface area contributed by atoms with Crippen molar-refractivity contribution in [3.05, 3.63) is 157 Å². The van der Waals surface area contributed by atoms with Gasteiger partial charge in [-0.2, -0.15) is 0 Å². The van der Waals surface area contributed by atoms with Crippen molar-refractivity contribution in [2.75, 3.05) is 0 Å². The minimum Gasteiger partial charge on any atom is -0.455 e. The molecule has 0 bridgehead atoms. The van der Waals surface area contributed by atoms with Crippen LogP contribution >= 0.6 is 0 Å². The molecule has 3 nitrogen and oxygen atoms in total. The van der Waals surface area contributed by atoms with Crippen molar-refractivity contribution in [3.63, 3.8) is 0 Å². The number of fused-ring (bicyclic) bond motifs is 6. The molecule has 2 heterocycles. The first-order valence-electron chi connectivity index (χ1n) is 15.8. The Labute approximate surface area is 267 Å². The fourth-order valence-corrected chi connectivity index (χ4v) is 7.20. The van der Waals surface area contributed by atoms with Gasteiger partial charge in [0.2, 0.25) is 0 Å². The molecule has 0 N–H and O–H groups in total. The van der Waals surface area contributed by atoms with Gasteiger partial charge in [-0.05, 0) is 57.6 Å². The van der Waals surface area contributed by atoms with Gasteiger partial charge in [-0.1, -0.05) is 135 Å². The lowest BCUT2D eigenvalue weighted by Crippen LogP contribution is -2.14. The molecule has 0 aliphatic heterocycles. The molecule has 3 heteroatoms. The molecule has 2 aromatic heterocycles. The van der Waals surface area contributed by atoms with Crippen LogP contribution in [-0.2, 0) is 5.41 Å². The van der Waals surface area contributed by atoms with Crippen LogP contribution in [0, 0.1) is 0 Å². The summed E-state index contributed by atoms with van der Waals surface area (Å²) in [5.74, 6) is 0.686. The Morgan fingerprint density at radius 1 is 0.478 bits per heavy atom. The molecular formula is C43H30N2O. The van der Waals surface area contributed by atoms with Crippen LogP contribution in [0.25, 0.3) is 78.1 Å². The summed E-state index contributed by atoms with van der Waals surface area (Å²) in [6, 6.07) is 51.0. The number of hydrogen-bond acceptors (Lipinski definition) is 3. The molecule has 0 atom stereocenters. The van der Waals surface area contributed by atoms with E-state index in [1.165, 1.54) is 27.8 Å². The third kappa shape index (κ3) is 4.05. The second-order valence-electron chi connectivity index (χ2n) is 12.6. The zero-order valence-corrected chi connectivity index (χ0v) is 25.7. The van der Waals surface area contributed by atoms with E-state index >= 15 is 0 Å². The molecule has 0 unspecified atom stereocenters. The highest BCUT2D eigenvalue weighted by Crippen LogP contribution is 2.50. The van der Waals surface area contributed by atoms with Gasteiger partial charge in [-0.3, -0.25) is 0 Å². The van der Waals surface area contributed by atoms with E-state index in [2.05, 4.69) is 117 Å². The largest absolute Gasteiger partial charge is 0.455 e. The van der Waals surface area contributed by atoms with Crippen LogP contribution in [0.1, 0.15) is 25.0 Å². The van der Waals surface area contributed by atoms with E-state index in [1.54, 1.807) is 0 Å². The predicted octanol–water partition coefficient (Wildman–Crippen LogP) is 11.4. The Bertz CT molecular complexity index is 2380. The quantitative estimate of drug-likeness (QED) is 0.205. The number of furan rings is 1. The fraction of sp³-hybridized carbons (Fsp3) is 0.0698. The van der Waals surface area contributed by atoms with Gasteiger partial charge in [0.1, 0.15) is 11.2 Å². The van der Waals surface area contributed by atoms with E-state index in [0.717, 1.165) is 55.6 Å². The lowest BCUT2D eigenvalue weighted by Gasteiger charge is -2.22. The van der Waals surface area contributed by atoms with Gasteiger partial charge in [0.25, 0.3) is 0 Å². The summed E-state index contributed by atoms with van der Waals surface area (Å²) in [5.41, 5.74) is 14.0. The number of para-hydroxylation sites is 1. The average molecular weight is 591 g/mol. The Hall–Kier alpha value is -5.80. The van der Waals surface area contributed by atoms with Gasteiger partial charge in [-0.25, -0.2) is 9.97 Å². The van der Waals surface area contributed by atoms with Gasteiger partial charge in [0.15, 0.2) is 5.82 Å². The predicted molar refractivity (Wildman–Crippen MR) is 189 cm³/mol. The van der Waals surface area contributed by atoms with Crippen LogP contribution in [0.15, 0.2) is 150 Å². The highest BCUT2D eigenvalue weighted by Gasteiger charge is 2.35. The van der Waals surface area contributed by atoms with Crippen LogP contribution in [0.5, 0.6) is 0 Å². The zero-order chi connectivity index (χ0) is 30.8. The van der Waals surface area contributed by atoms with E-state index < -0.39 is 0 Å². The maximum atomic E-state index is 6.72. The monoisotopic (exact) mass is 590 g/mol. The first-order valence-corrected chi connectivity index (χ1v) is 15.8. The van der Waals surface area contributed by atoms with Crippen molar-refractivity contribution in [1.82, 2.24) is 9.97 Å². The molecule has 0 saturated carbocycles. The molecule has 1 aliphatic rings. The van der Waals surface area contributed by atoms with Gasteiger partial charge < -0.3 is 4.42 Å². The molecule has 6 aromatic carbocycles. The normalized spacial score (nSPS) is 13.2. The maximum Gasteiger partial charge on any atom is 0.160 e. The third-order valence-corrected chi connectivity index (χ3v) is 9.52. The van der Waals surface area contributed by atoms with Gasteiger partial charge in [0.05, 0.1) is 11.4 Å². The zero-order valence-electron chi connectivity index (χ0n) is 25.7. The summed E-state index contributed by atoms with van der Waals surface area (Å²) >= 11 is 0. The smallest absolute Gasteiger partial charge is 0.160 e. The highest BCUT2D eigenvalue weighted by atomic mass is 16.3.